The van der Waals surface area contributed by atoms with Crippen LogP contribution in [0.4, 0.5) is 10.7 Å². The van der Waals surface area contributed by atoms with Gasteiger partial charge in [-0.15, -0.1) is 11.3 Å². The Balaban J connectivity index is 1.49. The summed E-state index contributed by atoms with van der Waals surface area (Å²) in [5.41, 5.74) is 2.49. The first-order valence-corrected chi connectivity index (χ1v) is 10.9. The third-order valence-corrected chi connectivity index (χ3v) is 5.86. The SMILES string of the molecule is C[C@@H](OC(=O)C1=NN(c2ccccc2)[C@@H](c2ccccc2)C1)C(=O)Nc1sccc1C#N. The highest BCUT2D eigenvalue weighted by atomic mass is 32.1. The van der Waals surface area contributed by atoms with Crippen molar-refractivity contribution in [3.63, 3.8) is 0 Å². The molecule has 1 aliphatic rings. The van der Waals surface area contributed by atoms with Crippen LogP contribution in [0.3, 0.4) is 0 Å². The van der Waals surface area contributed by atoms with Gasteiger partial charge in [0.05, 0.1) is 17.3 Å². The van der Waals surface area contributed by atoms with E-state index in [9.17, 15) is 9.59 Å². The van der Waals surface area contributed by atoms with E-state index in [2.05, 4.69) is 10.4 Å². The predicted octanol–water partition coefficient (Wildman–Crippen LogP) is 4.50. The van der Waals surface area contributed by atoms with E-state index in [4.69, 9.17) is 10.00 Å². The molecule has 160 valence electrons. The number of rotatable bonds is 6. The number of amides is 1. The highest BCUT2D eigenvalue weighted by Gasteiger charge is 2.34. The first-order chi connectivity index (χ1) is 15.6. The van der Waals surface area contributed by atoms with Gasteiger partial charge in [0, 0.05) is 6.42 Å². The number of hydrogen-bond donors (Lipinski definition) is 1. The van der Waals surface area contributed by atoms with Crippen LogP contribution in [0.5, 0.6) is 0 Å². The maximum Gasteiger partial charge on any atom is 0.355 e. The summed E-state index contributed by atoms with van der Waals surface area (Å²) in [5, 5.41) is 20.2. The molecular weight excluding hydrogens is 424 g/mol. The van der Waals surface area contributed by atoms with E-state index in [0.717, 1.165) is 11.3 Å². The summed E-state index contributed by atoms with van der Waals surface area (Å²) in [7, 11) is 0. The molecule has 0 bridgehead atoms. The zero-order chi connectivity index (χ0) is 22.5. The Hall–Kier alpha value is -3.96. The largest absolute Gasteiger partial charge is 0.448 e. The molecule has 0 saturated carbocycles. The quantitative estimate of drug-likeness (QED) is 0.565. The number of ether oxygens (including phenoxy) is 1. The number of carbonyl (C=O) groups excluding carboxylic acids is 2. The Morgan fingerprint density at radius 2 is 1.84 bits per heavy atom. The number of hydrogen-bond acceptors (Lipinski definition) is 7. The van der Waals surface area contributed by atoms with Gasteiger partial charge in [-0.1, -0.05) is 48.5 Å². The van der Waals surface area contributed by atoms with Crippen LogP contribution in [0.25, 0.3) is 0 Å². The van der Waals surface area contributed by atoms with Crippen LogP contribution in [0.15, 0.2) is 77.2 Å². The van der Waals surface area contributed by atoms with Crippen LogP contribution in [0, 0.1) is 11.3 Å². The zero-order valence-electron chi connectivity index (χ0n) is 17.3. The third kappa shape index (κ3) is 4.53. The van der Waals surface area contributed by atoms with E-state index >= 15 is 0 Å². The molecule has 0 spiro atoms. The maximum absolute atomic E-state index is 12.8. The predicted molar refractivity (Wildman–Crippen MR) is 123 cm³/mol. The van der Waals surface area contributed by atoms with Gasteiger partial charge in [-0.2, -0.15) is 10.4 Å². The lowest BCUT2D eigenvalue weighted by Crippen LogP contribution is -2.32. The van der Waals surface area contributed by atoms with E-state index in [1.54, 1.807) is 11.4 Å². The number of nitrogens with zero attached hydrogens (tertiary/aromatic N) is 3. The van der Waals surface area contributed by atoms with Crippen molar-refractivity contribution in [2.75, 3.05) is 10.3 Å². The fourth-order valence-electron chi connectivity index (χ4n) is 3.38. The van der Waals surface area contributed by atoms with E-state index in [1.807, 2.05) is 71.7 Å². The molecule has 2 atom stereocenters. The first-order valence-electron chi connectivity index (χ1n) is 10.0. The molecule has 7 nitrogen and oxygen atoms in total. The Bertz CT molecular complexity index is 1180. The summed E-state index contributed by atoms with van der Waals surface area (Å²) >= 11 is 1.23. The molecule has 0 aliphatic carbocycles. The van der Waals surface area contributed by atoms with Crippen LogP contribution >= 0.6 is 11.3 Å². The topological polar surface area (TPSA) is 94.8 Å². The minimum atomic E-state index is -1.04. The fraction of sp³-hybridized carbons (Fsp3) is 0.167. The zero-order valence-corrected chi connectivity index (χ0v) is 18.1. The number of nitrogens with one attached hydrogen (secondary N) is 1. The van der Waals surface area contributed by atoms with Gasteiger partial charge in [-0.25, -0.2) is 4.79 Å². The molecule has 4 rings (SSSR count). The number of thiophene rings is 1. The van der Waals surface area contributed by atoms with E-state index < -0.39 is 18.0 Å². The van der Waals surface area contributed by atoms with Gasteiger partial charge in [0.2, 0.25) is 0 Å². The number of carbonyl (C=O) groups is 2. The van der Waals surface area contributed by atoms with Gasteiger partial charge >= 0.3 is 5.97 Å². The van der Waals surface area contributed by atoms with Gasteiger partial charge in [0.25, 0.3) is 5.91 Å². The molecule has 32 heavy (non-hydrogen) atoms. The second kappa shape index (κ2) is 9.45. The maximum atomic E-state index is 12.8. The van der Waals surface area contributed by atoms with Crippen molar-refractivity contribution in [2.24, 2.45) is 5.10 Å². The lowest BCUT2D eigenvalue weighted by molar-refractivity contribution is -0.146. The molecule has 0 fully saturated rings. The van der Waals surface area contributed by atoms with Crippen molar-refractivity contribution in [1.29, 1.82) is 5.26 Å². The van der Waals surface area contributed by atoms with Gasteiger partial charge in [0.15, 0.2) is 6.10 Å². The van der Waals surface area contributed by atoms with Gasteiger partial charge in [-0.3, -0.25) is 9.80 Å². The molecule has 0 radical (unpaired) electrons. The molecule has 1 aromatic heterocycles. The Labute approximate surface area is 189 Å². The summed E-state index contributed by atoms with van der Waals surface area (Å²) in [4.78, 5) is 25.3. The Morgan fingerprint density at radius 3 is 2.53 bits per heavy atom. The summed E-state index contributed by atoms with van der Waals surface area (Å²) in [6, 6.07) is 22.9. The van der Waals surface area contributed by atoms with Crippen LogP contribution in [-0.4, -0.2) is 23.7 Å². The monoisotopic (exact) mass is 444 g/mol. The van der Waals surface area contributed by atoms with Crippen molar-refractivity contribution in [1.82, 2.24) is 0 Å². The van der Waals surface area contributed by atoms with Crippen molar-refractivity contribution >= 4 is 39.6 Å². The summed E-state index contributed by atoms with van der Waals surface area (Å²) in [6.45, 7) is 1.49. The number of hydrazone groups is 1. The van der Waals surface area contributed by atoms with Gasteiger partial charge in [0.1, 0.15) is 16.8 Å². The Kier molecular flexibility index (Phi) is 6.29. The number of anilines is 2. The van der Waals surface area contributed by atoms with Crippen molar-refractivity contribution in [2.45, 2.75) is 25.5 Å². The molecule has 0 saturated heterocycles. The van der Waals surface area contributed by atoms with Crippen LogP contribution in [-0.2, 0) is 14.3 Å². The second-order valence-electron chi connectivity index (χ2n) is 7.17. The molecule has 1 amide bonds. The fourth-order valence-corrected chi connectivity index (χ4v) is 4.12. The van der Waals surface area contributed by atoms with Crippen LogP contribution in [0.1, 0.15) is 30.5 Å². The molecule has 1 aliphatic heterocycles. The smallest absolute Gasteiger partial charge is 0.355 e. The molecule has 3 aromatic rings. The minimum Gasteiger partial charge on any atom is -0.448 e. The van der Waals surface area contributed by atoms with Gasteiger partial charge < -0.3 is 10.1 Å². The third-order valence-electron chi connectivity index (χ3n) is 5.03. The highest BCUT2D eigenvalue weighted by Crippen LogP contribution is 2.35. The van der Waals surface area contributed by atoms with Crippen molar-refractivity contribution < 1.29 is 14.3 Å². The normalized spacial score (nSPS) is 16.1. The summed E-state index contributed by atoms with van der Waals surface area (Å²) in [6.07, 6.45) is -0.685. The van der Waals surface area contributed by atoms with Crippen molar-refractivity contribution in [3.05, 3.63) is 83.2 Å². The van der Waals surface area contributed by atoms with Crippen LogP contribution < -0.4 is 10.3 Å². The summed E-state index contributed by atoms with van der Waals surface area (Å²) < 4.78 is 5.40. The number of benzene rings is 2. The molecule has 2 aromatic carbocycles. The van der Waals surface area contributed by atoms with E-state index in [0.29, 0.717) is 17.0 Å². The van der Waals surface area contributed by atoms with Crippen LogP contribution in [0.2, 0.25) is 0 Å². The van der Waals surface area contributed by atoms with Crippen molar-refractivity contribution in [3.8, 4) is 6.07 Å². The molecule has 0 unspecified atom stereocenters. The van der Waals surface area contributed by atoms with E-state index in [-0.39, 0.29) is 11.8 Å². The summed E-state index contributed by atoms with van der Waals surface area (Å²) in [5.74, 6) is -1.14. The highest BCUT2D eigenvalue weighted by molar-refractivity contribution is 7.14. The minimum absolute atomic E-state index is 0.158. The standard InChI is InChI=1S/C24H20N4O3S/c1-16(22(29)26-23-18(15-25)12-13-32-23)31-24(30)20-14-21(17-8-4-2-5-9-17)28(27-20)19-10-6-3-7-11-19/h2-13,16,21H,14H2,1H3,(H,26,29)/t16-,21-/m1/s1. The number of nitriles is 1. The van der Waals surface area contributed by atoms with Gasteiger partial charge in [-0.05, 0) is 36.1 Å². The average molecular weight is 445 g/mol. The van der Waals surface area contributed by atoms with E-state index in [1.165, 1.54) is 18.3 Å². The number of para-hydroxylation sites is 1. The molecule has 2 heterocycles. The Morgan fingerprint density at radius 1 is 1.16 bits per heavy atom. The number of esters is 1. The average Bonchev–Trinajstić information content (AvgIpc) is 3.47. The second-order valence-corrected chi connectivity index (χ2v) is 8.09. The first kappa shape index (κ1) is 21.3. The molecular formula is C24H20N4O3S. The molecule has 8 heteroatoms. The lowest BCUT2D eigenvalue weighted by Gasteiger charge is -2.23. The molecule has 1 N–H and O–H groups in total. The lowest BCUT2D eigenvalue weighted by atomic mass is 10.0.